The number of amides is 1. The SMILES string of the molecule is O=C(NCCCCCCO[C@@H]1[C@@H](NP(=O)([O-])[O-])[C@H](OP(=O)([O-])[O-])[C@H](OP(=O)([O-])[O-])[C@H](OP(=O)([O-])[O-])[C@H]1OP(=O)([O-])[O-])c1ccccc1.[NH4+].[NH4+].[NH4+].[NH4+].[NH4+].[NH4+].[NH4+].[NH4+].[NH4+].[NH4+].[NH4+]. The number of ether oxygens (including phenoxy) is 1. The average molecular weight is 971 g/mol. The maximum atomic E-state index is 12.1. The van der Waals surface area contributed by atoms with E-state index >= 15 is 0 Å². The van der Waals surface area contributed by atoms with Crippen molar-refractivity contribution in [3.8, 4) is 0 Å². The summed E-state index contributed by atoms with van der Waals surface area (Å²) in [6.45, 7) is -0.435. The topological polar surface area (TPSA) is 805 Å². The third kappa shape index (κ3) is 31.6. The molecule has 0 heterocycles. The third-order valence-electron chi connectivity index (χ3n) is 6.02. The molecule has 0 radical (unpaired) electrons. The maximum Gasteiger partial charge on any atom is 0.251 e. The van der Waals surface area contributed by atoms with Crippen LogP contribution in [0.15, 0.2) is 30.3 Å². The number of phosphoric acid groups is 4. The number of unbranched alkanes of at least 4 members (excludes halogenated alkanes) is 3. The van der Waals surface area contributed by atoms with Crippen LogP contribution in [-0.2, 0) is 45.7 Å². The molecule has 1 aromatic rings. The number of carbonyl (C=O) groups excluding carboxylic acids is 1. The molecule has 0 saturated heterocycles. The Morgan fingerprint density at radius 2 is 0.845 bits per heavy atom. The van der Waals surface area contributed by atoms with Crippen molar-refractivity contribution in [2.24, 2.45) is 0 Å². The molecule has 0 aliphatic heterocycles. The zero-order valence-corrected chi connectivity index (χ0v) is 38.9. The van der Waals surface area contributed by atoms with E-state index in [2.05, 4.69) is 23.4 Å². The summed E-state index contributed by atoms with van der Waals surface area (Å²) in [7, 11) is -32.1. The van der Waals surface area contributed by atoms with Gasteiger partial charge in [0.15, 0.2) is 0 Å². The Kier molecular flexibility index (Phi) is 46.5. The average Bonchev–Trinajstić information content (AvgIpc) is 2.88. The lowest BCUT2D eigenvalue weighted by Gasteiger charge is -2.57. The van der Waals surface area contributed by atoms with E-state index in [9.17, 15) is 76.6 Å². The van der Waals surface area contributed by atoms with Gasteiger partial charge < -0.3 is 168 Å². The van der Waals surface area contributed by atoms with E-state index in [1.54, 1.807) is 30.3 Å². The molecule has 34 nitrogen and oxygen atoms in total. The molecule has 6 atom stereocenters. The van der Waals surface area contributed by atoms with Gasteiger partial charge in [0.1, 0.15) is 30.5 Å². The number of benzene rings is 1. The molecule has 1 fully saturated rings. The van der Waals surface area contributed by atoms with Crippen LogP contribution in [-0.4, -0.2) is 55.6 Å². The number of quaternary nitrogens is 11. The van der Waals surface area contributed by atoms with Crippen molar-refractivity contribution in [1.82, 2.24) is 78.1 Å². The summed E-state index contributed by atoms with van der Waals surface area (Å²) in [5.41, 5.74) is 0.399. The Balaban J connectivity index is -0.000000262. The summed E-state index contributed by atoms with van der Waals surface area (Å²) in [5.74, 6) is -0.360. The van der Waals surface area contributed by atoms with Gasteiger partial charge in [-0.2, -0.15) is 0 Å². The van der Waals surface area contributed by atoms with Crippen molar-refractivity contribution in [3.05, 3.63) is 35.9 Å². The van der Waals surface area contributed by atoms with Crippen molar-refractivity contribution in [1.29, 1.82) is 0 Å². The molecule has 1 aliphatic carbocycles. The van der Waals surface area contributed by atoms with E-state index in [0.717, 1.165) is 5.09 Å². The van der Waals surface area contributed by atoms with Crippen LogP contribution < -0.4 is 127 Å². The quantitative estimate of drug-likeness (QED) is 0.0490. The highest BCUT2D eigenvalue weighted by Crippen LogP contribution is 2.48. The van der Waals surface area contributed by atoms with Crippen LogP contribution in [0.25, 0.3) is 0 Å². The first kappa shape index (κ1) is 80.7. The summed E-state index contributed by atoms with van der Waals surface area (Å²) in [6.07, 6.45) is -14.2. The normalized spacial score (nSPS) is 20.0. The fraction of sp³-hybridized carbons (Fsp3) is 0.632. The summed E-state index contributed by atoms with van der Waals surface area (Å²) >= 11 is 0. The number of rotatable bonds is 19. The van der Waals surface area contributed by atoms with Crippen molar-refractivity contribution >= 4 is 44.9 Å². The maximum absolute atomic E-state index is 12.1. The second-order valence-electron chi connectivity index (χ2n) is 9.59. The standard InChI is InChI=1S/C19H35N2O21P5.11H3N/c22-19(12-8-4-3-5-9-12)20-10-6-1-2-7-11-38-14-13(21-43(23,24)25)15(39-44(26,27)28)17(41-46(32,33)34)18(42-47(35,36)37)16(14)40-45(29,30)31;;;;;;;;;;;/h3-5,8-9,13-18H,1-2,6-7,10-11H2,(H,20,22)(H2,26,27,28)(H2,29,30,31)(H2,32,33,34)(H2,35,36,37)(H3,21,23,24,25);11*1H3/p+1/t13-,14-,15+,16+,17+,18-;;;;;;;;;;;/m1.........../s1. The van der Waals surface area contributed by atoms with Gasteiger partial charge in [-0.25, -0.2) is 0 Å². The lowest BCUT2D eigenvalue weighted by Crippen LogP contribution is -2.70. The summed E-state index contributed by atoms with van der Waals surface area (Å²) in [6, 6.07) is 5.38. The first-order valence-corrected chi connectivity index (χ1v) is 20.3. The smallest absolute Gasteiger partial charge is 0.251 e. The van der Waals surface area contributed by atoms with Crippen molar-refractivity contribution in [2.75, 3.05) is 13.2 Å². The van der Waals surface area contributed by atoms with Crippen LogP contribution in [0.1, 0.15) is 36.0 Å². The molecule has 360 valence electrons. The first-order valence-electron chi connectivity index (χ1n) is 12.9. The lowest BCUT2D eigenvalue weighted by atomic mass is 9.83. The molecule has 0 unspecified atom stereocenters. The molecule has 2 rings (SSSR count). The third-order valence-corrected chi connectivity index (χ3v) is 8.64. The number of hydrogen-bond donors (Lipinski definition) is 13. The Morgan fingerprint density at radius 3 is 1.22 bits per heavy atom. The van der Waals surface area contributed by atoms with E-state index in [4.69, 9.17) is 4.74 Å². The fourth-order valence-corrected chi connectivity index (χ4v) is 7.28. The van der Waals surface area contributed by atoms with E-state index in [0.29, 0.717) is 18.4 Å². The van der Waals surface area contributed by atoms with E-state index in [1.807, 2.05) is 0 Å². The molecular weight excluding hydrogens is 901 g/mol. The molecule has 0 aromatic heterocycles. The minimum atomic E-state index is -6.53. The van der Waals surface area contributed by atoms with Crippen LogP contribution >= 0.6 is 39.0 Å². The Bertz CT molecular complexity index is 1380. The Hall–Kier alpha value is -1.24. The van der Waals surface area contributed by atoms with Gasteiger partial charge >= 0.3 is 0 Å². The lowest BCUT2D eigenvalue weighted by molar-refractivity contribution is -0.377. The molecule has 1 aromatic carbocycles. The Morgan fingerprint density at radius 1 is 0.500 bits per heavy atom. The Labute approximate surface area is 333 Å². The van der Waals surface area contributed by atoms with Gasteiger partial charge in [0.05, 0.1) is 37.3 Å². The first-order chi connectivity index (χ1) is 21.4. The largest absolute Gasteiger partial charge is 0.799 e. The molecule has 39 heteroatoms. The highest BCUT2D eigenvalue weighted by Gasteiger charge is 2.55. The second-order valence-corrected chi connectivity index (χ2v) is 15.3. The van der Waals surface area contributed by atoms with Crippen molar-refractivity contribution < 1.29 is 99.4 Å². The monoisotopic (exact) mass is 970 g/mol. The predicted octanol–water partition coefficient (Wildman–Crippen LogP) is -2.84. The van der Waals surface area contributed by atoms with Crippen LogP contribution in [0.3, 0.4) is 0 Å². The van der Waals surface area contributed by atoms with Gasteiger partial charge in [-0.05, 0) is 32.7 Å². The van der Waals surface area contributed by atoms with Crippen LogP contribution in [0.5, 0.6) is 0 Å². The molecular formula is C19H69N13O21P5+. The molecule has 1 aliphatic rings. The van der Waals surface area contributed by atoms with Crippen molar-refractivity contribution in [3.63, 3.8) is 0 Å². The van der Waals surface area contributed by atoms with Crippen LogP contribution in [0.4, 0.5) is 0 Å². The minimum absolute atomic E-state index is 0. The fourth-order valence-electron chi connectivity index (χ4n) is 4.46. The predicted molar refractivity (Wildman–Crippen MR) is 197 cm³/mol. The number of hydrogen-bond acceptors (Lipinski definition) is 21. The zero-order valence-electron chi connectivity index (χ0n) is 34.4. The van der Waals surface area contributed by atoms with Gasteiger partial charge in [0, 0.05) is 18.7 Å². The van der Waals surface area contributed by atoms with Crippen molar-refractivity contribution in [2.45, 2.75) is 62.2 Å². The van der Waals surface area contributed by atoms with Crippen LogP contribution in [0.2, 0.25) is 0 Å². The molecule has 46 N–H and O–H groups in total. The molecule has 58 heavy (non-hydrogen) atoms. The molecule has 1 amide bonds. The van der Waals surface area contributed by atoms with Gasteiger partial charge in [0.25, 0.3) is 5.91 Å². The molecule has 0 spiro atoms. The minimum Gasteiger partial charge on any atom is -0.799 e. The van der Waals surface area contributed by atoms with Crippen LogP contribution in [0, 0.1) is 0 Å². The highest BCUT2D eigenvalue weighted by atomic mass is 31.2. The van der Waals surface area contributed by atoms with E-state index < -0.39 is 82.2 Å². The van der Waals surface area contributed by atoms with E-state index in [-0.39, 0.29) is 92.9 Å². The number of phosphoric ester groups is 4. The molecule has 1 saturated carbocycles. The van der Waals surface area contributed by atoms with Gasteiger partial charge in [0.2, 0.25) is 0 Å². The van der Waals surface area contributed by atoms with Gasteiger partial charge in [-0.15, -0.1) is 0 Å². The summed E-state index contributed by atoms with van der Waals surface area (Å²) in [4.78, 5) is 127. The van der Waals surface area contributed by atoms with Gasteiger partial charge in [-0.1, -0.05) is 31.0 Å². The molecule has 0 bridgehead atoms. The summed E-state index contributed by atoms with van der Waals surface area (Å²) < 4.78 is 79.1. The summed E-state index contributed by atoms with van der Waals surface area (Å²) in [5, 5.41) is 3.76. The highest BCUT2D eigenvalue weighted by molar-refractivity contribution is 7.46. The number of carbonyl (C=O) groups is 1. The van der Waals surface area contributed by atoms with E-state index in [1.165, 1.54) is 0 Å². The zero-order chi connectivity index (χ0) is 35.8. The number of nitrogens with one attached hydrogen (secondary N) is 2. The van der Waals surface area contributed by atoms with Gasteiger partial charge in [-0.3, -0.25) is 9.88 Å². The second kappa shape index (κ2) is 33.4.